The molecule has 1 aromatic heterocycles. The summed E-state index contributed by atoms with van der Waals surface area (Å²) in [6, 6.07) is 6.00. The molecule has 0 saturated heterocycles. The summed E-state index contributed by atoms with van der Waals surface area (Å²) in [5.41, 5.74) is 1.16. The fourth-order valence-electron chi connectivity index (χ4n) is 2.44. The van der Waals surface area contributed by atoms with E-state index in [1.54, 1.807) is 0 Å². The summed E-state index contributed by atoms with van der Waals surface area (Å²) in [6.07, 6.45) is 0.843. The molecule has 0 atom stereocenters. The van der Waals surface area contributed by atoms with Crippen LogP contribution >= 0.6 is 0 Å². The van der Waals surface area contributed by atoms with Crippen LogP contribution < -0.4 is 9.47 Å². The van der Waals surface area contributed by atoms with Crippen molar-refractivity contribution in [3.8, 4) is 11.5 Å². The predicted octanol–water partition coefficient (Wildman–Crippen LogP) is 2.63. The molecule has 6 nitrogen and oxygen atoms in total. The van der Waals surface area contributed by atoms with Gasteiger partial charge in [-0.15, -0.1) is 0 Å². The molecule has 1 aliphatic rings. The smallest absolute Gasteiger partial charge is 0.240 e. The Morgan fingerprint density at radius 3 is 2.82 bits per heavy atom. The second-order valence-electron chi connectivity index (χ2n) is 6.06. The molecule has 118 valence electrons. The van der Waals surface area contributed by atoms with Gasteiger partial charge in [-0.2, -0.15) is 4.98 Å². The molecule has 0 spiro atoms. The van der Waals surface area contributed by atoms with Gasteiger partial charge >= 0.3 is 0 Å². The van der Waals surface area contributed by atoms with Gasteiger partial charge in [-0.05, 0) is 30.7 Å². The van der Waals surface area contributed by atoms with Crippen molar-refractivity contribution in [1.29, 1.82) is 0 Å². The average molecular weight is 303 g/mol. The molecule has 1 aliphatic heterocycles. The minimum atomic E-state index is 0.301. The largest absolute Gasteiger partial charge is 0.454 e. The zero-order valence-electron chi connectivity index (χ0n) is 13.2. The minimum Gasteiger partial charge on any atom is -0.454 e. The molecule has 2 aromatic rings. The van der Waals surface area contributed by atoms with Gasteiger partial charge in [0.15, 0.2) is 17.3 Å². The number of benzene rings is 1. The lowest BCUT2D eigenvalue weighted by molar-refractivity contribution is 0.174. The van der Waals surface area contributed by atoms with Crippen LogP contribution in [0.2, 0.25) is 0 Å². The highest BCUT2D eigenvalue weighted by Crippen LogP contribution is 2.32. The number of ether oxygens (including phenoxy) is 2. The lowest BCUT2D eigenvalue weighted by atomic mass is 10.1. The standard InChI is InChI=1S/C16H21N3O3/c1-11(2)6-15-17-16(22-18-15)9-19(3)8-12-4-5-13-14(7-12)21-10-20-13/h4-5,7,11H,6,8-10H2,1-3H3. The van der Waals surface area contributed by atoms with E-state index in [9.17, 15) is 0 Å². The molecule has 0 N–H and O–H groups in total. The van der Waals surface area contributed by atoms with Gasteiger partial charge in [-0.3, -0.25) is 4.90 Å². The summed E-state index contributed by atoms with van der Waals surface area (Å²) in [5.74, 6) is 3.57. The zero-order valence-corrected chi connectivity index (χ0v) is 13.2. The summed E-state index contributed by atoms with van der Waals surface area (Å²) >= 11 is 0. The second-order valence-corrected chi connectivity index (χ2v) is 6.06. The van der Waals surface area contributed by atoms with Gasteiger partial charge in [-0.1, -0.05) is 25.1 Å². The molecule has 3 rings (SSSR count). The van der Waals surface area contributed by atoms with E-state index >= 15 is 0 Å². The Morgan fingerprint density at radius 1 is 1.18 bits per heavy atom. The van der Waals surface area contributed by atoms with Gasteiger partial charge in [0.1, 0.15) is 0 Å². The van der Waals surface area contributed by atoms with E-state index in [1.165, 1.54) is 0 Å². The van der Waals surface area contributed by atoms with Gasteiger partial charge in [0.25, 0.3) is 0 Å². The van der Waals surface area contributed by atoms with Crippen molar-refractivity contribution in [2.45, 2.75) is 33.4 Å². The molecule has 0 saturated carbocycles. The predicted molar refractivity (Wildman–Crippen MR) is 80.6 cm³/mol. The Kier molecular flexibility index (Phi) is 4.29. The summed E-state index contributed by atoms with van der Waals surface area (Å²) in [6.45, 7) is 5.98. The van der Waals surface area contributed by atoms with E-state index in [4.69, 9.17) is 14.0 Å². The monoisotopic (exact) mass is 303 g/mol. The summed E-state index contributed by atoms with van der Waals surface area (Å²) < 4.78 is 16.0. The molecule has 0 amide bonds. The topological polar surface area (TPSA) is 60.6 Å². The Hall–Kier alpha value is -2.08. The molecular formula is C16H21N3O3. The van der Waals surface area contributed by atoms with Gasteiger partial charge in [0.2, 0.25) is 12.7 Å². The van der Waals surface area contributed by atoms with E-state index in [1.807, 2.05) is 25.2 Å². The van der Waals surface area contributed by atoms with Crippen LogP contribution in [0.25, 0.3) is 0 Å². The molecule has 0 unspecified atom stereocenters. The molecule has 0 fully saturated rings. The quantitative estimate of drug-likeness (QED) is 0.817. The fourth-order valence-corrected chi connectivity index (χ4v) is 2.44. The third-order valence-corrected chi connectivity index (χ3v) is 3.40. The first-order valence-electron chi connectivity index (χ1n) is 7.48. The number of hydrogen-bond acceptors (Lipinski definition) is 6. The van der Waals surface area contributed by atoms with Crippen LogP contribution in [0, 0.1) is 5.92 Å². The molecule has 1 aromatic carbocycles. The lowest BCUT2D eigenvalue weighted by Gasteiger charge is -2.14. The van der Waals surface area contributed by atoms with Crippen LogP contribution in [0.1, 0.15) is 31.1 Å². The first-order valence-corrected chi connectivity index (χ1v) is 7.48. The SMILES string of the molecule is CC(C)Cc1noc(CN(C)Cc2ccc3c(c2)OCO3)n1. The van der Waals surface area contributed by atoms with Crippen molar-refractivity contribution in [1.82, 2.24) is 15.0 Å². The second kappa shape index (κ2) is 6.36. The maximum absolute atomic E-state index is 5.40. The minimum absolute atomic E-state index is 0.301. The zero-order chi connectivity index (χ0) is 15.5. The van der Waals surface area contributed by atoms with Crippen LogP contribution in [0.4, 0.5) is 0 Å². The van der Waals surface area contributed by atoms with Gasteiger partial charge in [0, 0.05) is 13.0 Å². The van der Waals surface area contributed by atoms with Crippen molar-refractivity contribution >= 4 is 0 Å². The van der Waals surface area contributed by atoms with Crippen molar-refractivity contribution in [2.24, 2.45) is 5.92 Å². The van der Waals surface area contributed by atoms with Crippen molar-refractivity contribution in [3.63, 3.8) is 0 Å². The molecule has 0 bridgehead atoms. The van der Waals surface area contributed by atoms with Gasteiger partial charge in [0.05, 0.1) is 6.54 Å². The first-order chi connectivity index (χ1) is 10.6. The van der Waals surface area contributed by atoms with Gasteiger partial charge in [-0.25, -0.2) is 0 Å². The summed E-state index contributed by atoms with van der Waals surface area (Å²) in [7, 11) is 2.02. The maximum atomic E-state index is 5.40. The highest BCUT2D eigenvalue weighted by Gasteiger charge is 2.15. The van der Waals surface area contributed by atoms with Crippen molar-refractivity contribution in [3.05, 3.63) is 35.5 Å². The Morgan fingerprint density at radius 2 is 2.00 bits per heavy atom. The number of rotatable bonds is 6. The van der Waals surface area contributed by atoms with Crippen molar-refractivity contribution in [2.75, 3.05) is 13.8 Å². The number of hydrogen-bond donors (Lipinski definition) is 0. The molecule has 0 aliphatic carbocycles. The first kappa shape index (κ1) is 14.8. The fraction of sp³-hybridized carbons (Fsp3) is 0.500. The normalized spacial score (nSPS) is 13.3. The molecule has 0 radical (unpaired) electrons. The number of fused-ring (bicyclic) bond motifs is 1. The van der Waals surface area contributed by atoms with Crippen LogP contribution in [-0.2, 0) is 19.5 Å². The Bertz CT molecular complexity index is 639. The summed E-state index contributed by atoms with van der Waals surface area (Å²) in [4.78, 5) is 6.55. The molecular weight excluding hydrogens is 282 g/mol. The van der Waals surface area contributed by atoms with Crippen LogP contribution in [0.3, 0.4) is 0 Å². The maximum Gasteiger partial charge on any atom is 0.240 e. The third-order valence-electron chi connectivity index (χ3n) is 3.40. The van der Waals surface area contributed by atoms with Crippen LogP contribution in [-0.4, -0.2) is 28.9 Å². The van der Waals surface area contributed by atoms with E-state index in [2.05, 4.69) is 28.9 Å². The van der Waals surface area contributed by atoms with E-state index in [0.717, 1.165) is 35.9 Å². The number of nitrogens with zero attached hydrogens (tertiary/aromatic N) is 3. The Labute approximate surface area is 130 Å². The van der Waals surface area contributed by atoms with Crippen LogP contribution in [0.5, 0.6) is 11.5 Å². The van der Waals surface area contributed by atoms with Crippen LogP contribution in [0.15, 0.2) is 22.7 Å². The third kappa shape index (κ3) is 3.57. The van der Waals surface area contributed by atoms with E-state index in [0.29, 0.717) is 25.1 Å². The van der Waals surface area contributed by atoms with Gasteiger partial charge < -0.3 is 14.0 Å². The van der Waals surface area contributed by atoms with E-state index in [-0.39, 0.29) is 0 Å². The highest BCUT2D eigenvalue weighted by molar-refractivity contribution is 5.44. The Balaban J connectivity index is 1.58. The number of aromatic nitrogens is 2. The van der Waals surface area contributed by atoms with Crippen molar-refractivity contribution < 1.29 is 14.0 Å². The molecule has 2 heterocycles. The average Bonchev–Trinajstić information content (AvgIpc) is 3.06. The molecule has 22 heavy (non-hydrogen) atoms. The highest BCUT2D eigenvalue weighted by atomic mass is 16.7. The lowest BCUT2D eigenvalue weighted by Crippen LogP contribution is -2.17. The summed E-state index contributed by atoms with van der Waals surface area (Å²) in [5, 5.41) is 4.01. The molecule has 6 heteroatoms. The van der Waals surface area contributed by atoms with E-state index < -0.39 is 0 Å².